The fourth-order valence-corrected chi connectivity index (χ4v) is 6.15. The Morgan fingerprint density at radius 1 is 1.13 bits per heavy atom. The molecule has 0 saturated carbocycles. The first kappa shape index (κ1) is 24.9. The highest BCUT2D eigenvalue weighted by Gasteiger charge is 2.30. The number of aromatic nitrogens is 2. The van der Waals surface area contributed by atoms with Crippen LogP contribution in [0.25, 0.3) is 22.3 Å². The van der Waals surface area contributed by atoms with E-state index < -0.39 is 5.97 Å². The Morgan fingerprint density at radius 2 is 1.92 bits per heavy atom. The Balaban J connectivity index is 1.28. The normalized spacial score (nSPS) is 17.4. The molecule has 0 bridgehead atoms. The van der Waals surface area contributed by atoms with Gasteiger partial charge in [0.25, 0.3) is 0 Å². The number of aliphatic carboxylic acids is 1. The number of pyridine rings is 2. The summed E-state index contributed by atoms with van der Waals surface area (Å²) in [4.78, 5) is 27.6. The van der Waals surface area contributed by atoms with Crippen molar-refractivity contribution in [3.8, 4) is 28.0 Å². The van der Waals surface area contributed by atoms with E-state index in [9.17, 15) is 9.59 Å². The number of nitrogens with zero attached hydrogens (tertiary/aromatic N) is 2. The van der Waals surface area contributed by atoms with Gasteiger partial charge >= 0.3 is 5.97 Å². The minimum Gasteiger partial charge on any atom is -0.491 e. The molecule has 3 heterocycles. The summed E-state index contributed by atoms with van der Waals surface area (Å²) in [5.74, 6) is -0.373. The Bertz CT molecular complexity index is 1650. The molecule has 1 aliphatic carbocycles. The zero-order valence-electron chi connectivity index (χ0n) is 22.3. The maximum absolute atomic E-state index is 11.9. The second-order valence-electron chi connectivity index (χ2n) is 10.7. The van der Waals surface area contributed by atoms with Crippen LogP contribution in [0.15, 0.2) is 65.7 Å². The largest absolute Gasteiger partial charge is 0.491 e. The molecular formula is C32H31N3O4. The van der Waals surface area contributed by atoms with E-state index in [1.54, 1.807) is 23.9 Å². The Labute approximate surface area is 227 Å². The molecule has 0 fully saturated rings. The number of hydrogen-bond donors (Lipinski definition) is 2. The molecular weight excluding hydrogens is 490 g/mol. The third-order valence-electron chi connectivity index (χ3n) is 7.96. The minimum absolute atomic E-state index is 0.0163. The standard InChI is InChI=1S/C32H31N3O4/c1-18-11-21(20-7-10-29(36)35(3)16-20)12-19(2)31(18)26-6-4-5-25-24(26)8-9-27(25)34-23-14-28-32(33-15-23)22(17-39-28)13-30(37)38/h4-7,10-12,14-16,22,27,34H,8-9,13,17H2,1-3H3,(H,37,38)/t22?,27-/m1/s1. The quantitative estimate of drug-likeness (QED) is 0.334. The van der Waals surface area contributed by atoms with Gasteiger partial charge in [0.2, 0.25) is 5.56 Å². The summed E-state index contributed by atoms with van der Waals surface area (Å²) in [5.41, 5.74) is 11.3. The topological polar surface area (TPSA) is 93.5 Å². The smallest absolute Gasteiger partial charge is 0.304 e. The second kappa shape index (κ2) is 9.73. The van der Waals surface area contributed by atoms with E-state index in [1.807, 2.05) is 18.3 Å². The van der Waals surface area contributed by atoms with E-state index in [0.29, 0.717) is 12.4 Å². The molecule has 39 heavy (non-hydrogen) atoms. The fraction of sp³-hybridized carbons (Fsp3) is 0.281. The van der Waals surface area contributed by atoms with Gasteiger partial charge in [-0.3, -0.25) is 14.6 Å². The summed E-state index contributed by atoms with van der Waals surface area (Å²) in [5, 5.41) is 12.8. The Hall–Kier alpha value is -4.39. The first-order chi connectivity index (χ1) is 18.8. The Kier molecular flexibility index (Phi) is 6.22. The van der Waals surface area contributed by atoms with Crippen LogP contribution in [0.3, 0.4) is 0 Å². The molecule has 2 N–H and O–H groups in total. The van der Waals surface area contributed by atoms with Gasteiger partial charge in [0.05, 0.1) is 36.6 Å². The lowest BCUT2D eigenvalue weighted by atomic mass is 9.88. The van der Waals surface area contributed by atoms with Gasteiger partial charge in [0.1, 0.15) is 5.75 Å². The lowest BCUT2D eigenvalue weighted by molar-refractivity contribution is -0.137. The molecule has 1 aliphatic heterocycles. The fourth-order valence-electron chi connectivity index (χ4n) is 6.15. The molecule has 198 valence electrons. The lowest BCUT2D eigenvalue weighted by Crippen LogP contribution is -2.13. The van der Waals surface area contributed by atoms with Crippen LogP contribution < -0.4 is 15.6 Å². The van der Waals surface area contributed by atoms with Gasteiger partial charge in [-0.2, -0.15) is 0 Å². The van der Waals surface area contributed by atoms with Gasteiger partial charge in [-0.15, -0.1) is 0 Å². The number of anilines is 1. The van der Waals surface area contributed by atoms with Crippen LogP contribution in [-0.4, -0.2) is 27.2 Å². The summed E-state index contributed by atoms with van der Waals surface area (Å²) in [6.45, 7) is 4.67. The van der Waals surface area contributed by atoms with Crippen molar-refractivity contribution in [1.82, 2.24) is 9.55 Å². The zero-order valence-corrected chi connectivity index (χ0v) is 22.3. The number of carboxylic acid groups (broad SMARTS) is 1. The molecule has 2 aromatic carbocycles. The predicted molar refractivity (Wildman–Crippen MR) is 151 cm³/mol. The van der Waals surface area contributed by atoms with E-state index in [4.69, 9.17) is 9.84 Å². The number of fused-ring (bicyclic) bond motifs is 2. The molecule has 4 aromatic rings. The van der Waals surface area contributed by atoms with Gasteiger partial charge < -0.3 is 19.7 Å². The number of rotatable bonds is 6. The summed E-state index contributed by atoms with van der Waals surface area (Å²) >= 11 is 0. The molecule has 2 aromatic heterocycles. The molecule has 0 spiro atoms. The molecule has 2 aliphatic rings. The monoisotopic (exact) mass is 521 g/mol. The van der Waals surface area contributed by atoms with Gasteiger partial charge in [-0.1, -0.05) is 30.3 Å². The van der Waals surface area contributed by atoms with Crippen molar-refractivity contribution < 1.29 is 14.6 Å². The predicted octanol–water partition coefficient (Wildman–Crippen LogP) is 5.78. The van der Waals surface area contributed by atoms with E-state index in [1.165, 1.54) is 33.4 Å². The third kappa shape index (κ3) is 4.58. The number of hydrogen-bond acceptors (Lipinski definition) is 5. The van der Waals surface area contributed by atoms with Crippen molar-refractivity contribution in [3.05, 3.63) is 99.2 Å². The van der Waals surface area contributed by atoms with E-state index >= 15 is 0 Å². The average Bonchev–Trinajstić information content (AvgIpc) is 3.49. The highest BCUT2D eigenvalue weighted by molar-refractivity contribution is 5.79. The molecule has 0 saturated heterocycles. The first-order valence-electron chi connectivity index (χ1n) is 13.3. The molecule has 2 atom stereocenters. The summed E-state index contributed by atoms with van der Waals surface area (Å²) < 4.78 is 7.37. The highest BCUT2D eigenvalue weighted by atomic mass is 16.5. The summed E-state index contributed by atoms with van der Waals surface area (Å²) in [7, 11) is 1.78. The van der Waals surface area contributed by atoms with Crippen molar-refractivity contribution in [2.75, 3.05) is 11.9 Å². The zero-order chi connectivity index (χ0) is 27.3. The number of ether oxygens (including phenoxy) is 1. The molecule has 7 nitrogen and oxygen atoms in total. The molecule has 7 heteroatoms. The van der Waals surface area contributed by atoms with Crippen LogP contribution in [0.5, 0.6) is 5.75 Å². The van der Waals surface area contributed by atoms with Gasteiger partial charge in [0, 0.05) is 31.3 Å². The Morgan fingerprint density at radius 3 is 2.67 bits per heavy atom. The minimum atomic E-state index is -0.842. The van der Waals surface area contributed by atoms with Crippen molar-refractivity contribution in [2.24, 2.45) is 7.05 Å². The average molecular weight is 522 g/mol. The van der Waals surface area contributed by atoms with Crippen molar-refractivity contribution >= 4 is 11.7 Å². The molecule has 1 unspecified atom stereocenters. The molecule has 0 radical (unpaired) electrons. The SMILES string of the molecule is Cc1cc(-c2ccc(=O)n(C)c2)cc(C)c1-c1cccc2c1CC[C@H]2Nc1cnc2c(c1)OCC2CC(=O)O. The maximum atomic E-state index is 11.9. The lowest BCUT2D eigenvalue weighted by Gasteiger charge is -2.19. The van der Waals surface area contributed by atoms with Crippen molar-refractivity contribution in [1.29, 1.82) is 0 Å². The van der Waals surface area contributed by atoms with Crippen LogP contribution in [0.4, 0.5) is 5.69 Å². The number of aryl methyl sites for hydroxylation is 3. The van der Waals surface area contributed by atoms with Crippen LogP contribution in [0, 0.1) is 13.8 Å². The summed E-state index contributed by atoms with van der Waals surface area (Å²) in [6.07, 6.45) is 5.64. The van der Waals surface area contributed by atoms with Crippen molar-refractivity contribution in [3.63, 3.8) is 0 Å². The van der Waals surface area contributed by atoms with Gasteiger partial charge in [-0.25, -0.2) is 0 Å². The van der Waals surface area contributed by atoms with Crippen LogP contribution >= 0.6 is 0 Å². The maximum Gasteiger partial charge on any atom is 0.304 e. The summed E-state index contributed by atoms with van der Waals surface area (Å²) in [6, 6.07) is 16.6. The van der Waals surface area contributed by atoms with Gasteiger partial charge in [0.15, 0.2) is 0 Å². The van der Waals surface area contributed by atoms with E-state index in [2.05, 4.69) is 54.5 Å². The van der Waals surface area contributed by atoms with E-state index in [0.717, 1.165) is 35.3 Å². The number of benzene rings is 2. The number of carboxylic acids is 1. The van der Waals surface area contributed by atoms with Crippen LogP contribution in [0.1, 0.15) is 52.7 Å². The molecule has 0 amide bonds. The number of carbonyl (C=O) groups is 1. The van der Waals surface area contributed by atoms with Gasteiger partial charge in [-0.05, 0) is 77.3 Å². The van der Waals surface area contributed by atoms with Crippen LogP contribution in [0.2, 0.25) is 0 Å². The van der Waals surface area contributed by atoms with Crippen molar-refractivity contribution in [2.45, 2.75) is 45.1 Å². The number of nitrogens with one attached hydrogen (secondary N) is 1. The van der Waals surface area contributed by atoms with E-state index in [-0.39, 0.29) is 23.9 Å². The van der Waals surface area contributed by atoms with Crippen LogP contribution in [-0.2, 0) is 18.3 Å². The first-order valence-corrected chi connectivity index (χ1v) is 13.3. The third-order valence-corrected chi connectivity index (χ3v) is 7.96. The molecule has 6 rings (SSSR count). The highest BCUT2D eigenvalue weighted by Crippen LogP contribution is 2.43. The second-order valence-corrected chi connectivity index (χ2v) is 10.7.